The number of nitrogens with two attached hydrogens (primary N) is 1. The molecule has 122 valence electrons. The van der Waals surface area contributed by atoms with Gasteiger partial charge in [0.2, 0.25) is 10.0 Å². The number of amides is 1. The molecule has 1 aromatic carbocycles. The molecule has 0 radical (unpaired) electrons. The molecule has 1 aliphatic heterocycles. The molecule has 0 saturated carbocycles. The van der Waals surface area contributed by atoms with Crippen LogP contribution >= 0.6 is 0 Å². The fourth-order valence-corrected chi connectivity index (χ4v) is 3.30. The van der Waals surface area contributed by atoms with Crippen molar-refractivity contribution in [1.82, 2.24) is 10.6 Å². The molecule has 1 aromatic heterocycles. The summed E-state index contributed by atoms with van der Waals surface area (Å²) in [5, 5.41) is 11.0. The monoisotopic (exact) mass is 335 g/mol. The Morgan fingerprint density at radius 1 is 1.30 bits per heavy atom. The minimum atomic E-state index is -3.90. The Bertz CT molecular complexity index is 871. The first kappa shape index (κ1) is 15.7. The maximum Gasteiger partial charge on any atom is 0.287 e. The number of aryl methyl sites for hydroxylation is 1. The number of primary sulfonamides is 1. The van der Waals surface area contributed by atoms with Crippen LogP contribution in [0.4, 0.5) is 0 Å². The maximum atomic E-state index is 12.1. The molecule has 0 spiro atoms. The van der Waals surface area contributed by atoms with Gasteiger partial charge in [-0.15, -0.1) is 0 Å². The lowest BCUT2D eigenvalue weighted by Gasteiger charge is -2.05. The third-order valence-electron chi connectivity index (χ3n) is 3.76. The standard InChI is InChI=1S/C15H17N3O4S/c1-9-14(23(16,20)21)5-13(22-9)15(19)18-6-10-2-3-11-7-17-8-12(11)4-10/h2-5,17H,6-8H2,1H3,(H,18,19)(H2,16,20,21). The molecule has 8 heteroatoms. The molecule has 0 fully saturated rings. The summed E-state index contributed by atoms with van der Waals surface area (Å²) >= 11 is 0. The van der Waals surface area contributed by atoms with Crippen molar-refractivity contribution in [2.45, 2.75) is 31.5 Å². The van der Waals surface area contributed by atoms with Gasteiger partial charge in [-0.25, -0.2) is 13.6 Å². The minimum absolute atomic E-state index is 0.0747. The first-order valence-corrected chi connectivity index (χ1v) is 8.62. The van der Waals surface area contributed by atoms with Crippen molar-refractivity contribution in [3.63, 3.8) is 0 Å². The average Bonchev–Trinajstić information content (AvgIpc) is 3.09. The van der Waals surface area contributed by atoms with Crippen molar-refractivity contribution in [1.29, 1.82) is 0 Å². The van der Waals surface area contributed by atoms with Crippen LogP contribution in [-0.4, -0.2) is 14.3 Å². The number of hydrogen-bond donors (Lipinski definition) is 3. The van der Waals surface area contributed by atoms with Gasteiger partial charge in [0.1, 0.15) is 10.7 Å². The SMILES string of the molecule is Cc1oc(C(=O)NCc2ccc3c(c2)CNC3)cc1S(N)(=O)=O. The number of nitrogens with one attached hydrogen (secondary N) is 2. The predicted octanol–water partition coefficient (Wildman–Crippen LogP) is 0.769. The smallest absolute Gasteiger partial charge is 0.287 e. The van der Waals surface area contributed by atoms with Crippen molar-refractivity contribution in [3.8, 4) is 0 Å². The molecule has 4 N–H and O–H groups in total. The zero-order valence-corrected chi connectivity index (χ0v) is 13.4. The molecule has 0 aliphatic carbocycles. The van der Waals surface area contributed by atoms with E-state index in [1.165, 1.54) is 18.1 Å². The van der Waals surface area contributed by atoms with E-state index < -0.39 is 15.9 Å². The quantitative estimate of drug-likeness (QED) is 0.763. The highest BCUT2D eigenvalue weighted by molar-refractivity contribution is 7.89. The summed E-state index contributed by atoms with van der Waals surface area (Å²) in [5.74, 6) is -0.461. The van der Waals surface area contributed by atoms with Crippen LogP contribution in [0.3, 0.4) is 0 Å². The van der Waals surface area contributed by atoms with Crippen LogP contribution in [0, 0.1) is 6.92 Å². The van der Waals surface area contributed by atoms with Gasteiger partial charge >= 0.3 is 0 Å². The lowest BCUT2D eigenvalue weighted by atomic mass is 10.1. The van der Waals surface area contributed by atoms with E-state index in [0.717, 1.165) is 24.7 Å². The Morgan fingerprint density at radius 3 is 2.74 bits per heavy atom. The number of furan rings is 1. The van der Waals surface area contributed by atoms with Crippen molar-refractivity contribution in [2.24, 2.45) is 5.14 Å². The molecule has 1 amide bonds. The molecule has 3 rings (SSSR count). The van der Waals surface area contributed by atoms with E-state index in [2.05, 4.69) is 10.6 Å². The minimum Gasteiger partial charge on any atom is -0.455 e. The van der Waals surface area contributed by atoms with E-state index in [1.54, 1.807) is 0 Å². The van der Waals surface area contributed by atoms with Gasteiger partial charge in [0.25, 0.3) is 5.91 Å². The van der Waals surface area contributed by atoms with E-state index in [0.29, 0.717) is 6.54 Å². The Balaban J connectivity index is 1.70. The number of benzene rings is 1. The summed E-state index contributed by atoms with van der Waals surface area (Å²) in [6.45, 7) is 3.47. The van der Waals surface area contributed by atoms with Crippen molar-refractivity contribution in [3.05, 3.63) is 52.5 Å². The second-order valence-electron chi connectivity index (χ2n) is 5.47. The van der Waals surface area contributed by atoms with Gasteiger partial charge in [-0.1, -0.05) is 18.2 Å². The molecule has 23 heavy (non-hydrogen) atoms. The summed E-state index contributed by atoms with van der Waals surface area (Å²) in [4.78, 5) is 11.9. The lowest BCUT2D eigenvalue weighted by Crippen LogP contribution is -2.22. The second kappa shape index (κ2) is 5.80. The molecule has 1 aliphatic rings. The first-order valence-electron chi connectivity index (χ1n) is 7.07. The van der Waals surface area contributed by atoms with Crippen LogP contribution in [0.5, 0.6) is 0 Å². The number of fused-ring (bicyclic) bond motifs is 1. The Kier molecular flexibility index (Phi) is 3.97. The fourth-order valence-electron chi connectivity index (χ4n) is 2.59. The van der Waals surface area contributed by atoms with E-state index in [-0.39, 0.29) is 16.4 Å². The largest absolute Gasteiger partial charge is 0.455 e. The normalized spacial score (nSPS) is 13.8. The van der Waals surface area contributed by atoms with Gasteiger partial charge in [0.15, 0.2) is 5.76 Å². The Hall–Kier alpha value is -2.16. The van der Waals surface area contributed by atoms with Crippen LogP contribution in [0.2, 0.25) is 0 Å². The molecular formula is C15H17N3O4S. The maximum absolute atomic E-state index is 12.1. The summed E-state index contributed by atoms with van der Waals surface area (Å²) in [6, 6.07) is 7.17. The van der Waals surface area contributed by atoms with Crippen LogP contribution in [0.15, 0.2) is 33.6 Å². The van der Waals surface area contributed by atoms with Crippen molar-refractivity contribution in [2.75, 3.05) is 0 Å². The molecule has 0 unspecified atom stereocenters. The molecule has 0 atom stereocenters. The lowest BCUT2D eigenvalue weighted by molar-refractivity contribution is 0.0922. The molecule has 2 aromatic rings. The second-order valence-corrected chi connectivity index (χ2v) is 7.00. The van der Waals surface area contributed by atoms with Gasteiger partial charge in [-0.3, -0.25) is 4.79 Å². The molecule has 0 saturated heterocycles. The zero-order valence-electron chi connectivity index (χ0n) is 12.5. The average molecular weight is 335 g/mol. The zero-order chi connectivity index (χ0) is 16.6. The van der Waals surface area contributed by atoms with Crippen LogP contribution in [0.1, 0.15) is 33.0 Å². The van der Waals surface area contributed by atoms with Gasteiger partial charge in [-0.05, 0) is 23.6 Å². The summed E-state index contributed by atoms with van der Waals surface area (Å²) in [5.41, 5.74) is 3.46. The van der Waals surface area contributed by atoms with E-state index >= 15 is 0 Å². The fraction of sp³-hybridized carbons (Fsp3) is 0.267. The Morgan fingerprint density at radius 2 is 2.04 bits per heavy atom. The first-order chi connectivity index (χ1) is 10.8. The van der Waals surface area contributed by atoms with E-state index in [9.17, 15) is 13.2 Å². The molecular weight excluding hydrogens is 318 g/mol. The summed E-state index contributed by atoms with van der Waals surface area (Å²) in [6.07, 6.45) is 0. The number of rotatable bonds is 4. The number of hydrogen-bond acceptors (Lipinski definition) is 5. The number of sulfonamides is 1. The van der Waals surface area contributed by atoms with Gasteiger partial charge in [0, 0.05) is 25.7 Å². The molecule has 7 nitrogen and oxygen atoms in total. The van der Waals surface area contributed by atoms with Crippen molar-refractivity contribution < 1.29 is 17.6 Å². The highest BCUT2D eigenvalue weighted by Crippen LogP contribution is 2.19. The van der Waals surface area contributed by atoms with Crippen LogP contribution in [-0.2, 0) is 29.7 Å². The van der Waals surface area contributed by atoms with Crippen molar-refractivity contribution >= 4 is 15.9 Å². The summed E-state index contributed by atoms with van der Waals surface area (Å²) < 4.78 is 27.9. The highest BCUT2D eigenvalue weighted by atomic mass is 32.2. The van der Waals surface area contributed by atoms with E-state index in [1.807, 2.05) is 18.2 Å². The van der Waals surface area contributed by atoms with Crippen LogP contribution < -0.4 is 15.8 Å². The van der Waals surface area contributed by atoms with Crippen LogP contribution in [0.25, 0.3) is 0 Å². The van der Waals surface area contributed by atoms with Gasteiger partial charge < -0.3 is 15.1 Å². The highest BCUT2D eigenvalue weighted by Gasteiger charge is 2.21. The third kappa shape index (κ3) is 3.29. The van der Waals surface area contributed by atoms with Gasteiger partial charge in [0.05, 0.1) is 0 Å². The van der Waals surface area contributed by atoms with Gasteiger partial charge in [-0.2, -0.15) is 0 Å². The topological polar surface area (TPSA) is 114 Å². The third-order valence-corrected chi connectivity index (χ3v) is 4.78. The Labute approximate surface area is 133 Å². The van der Waals surface area contributed by atoms with E-state index in [4.69, 9.17) is 9.56 Å². The summed E-state index contributed by atoms with van der Waals surface area (Å²) in [7, 11) is -3.90. The number of carbonyl (C=O) groups excluding carboxylic acids is 1. The molecule has 2 heterocycles. The molecule has 0 bridgehead atoms. The number of carbonyl (C=O) groups is 1. The predicted molar refractivity (Wildman–Crippen MR) is 83.0 cm³/mol.